The number of thioether (sulfide) groups is 1. The fraction of sp³-hybridized carbons (Fsp3) is 0.800. The zero-order valence-corrected chi connectivity index (χ0v) is 13.2. The summed E-state index contributed by atoms with van der Waals surface area (Å²) in [4.78, 5) is 0. The SMILES string of the molecule is CCC(C)n1ccc(CNC2CCCC(SC)C2)n1. The van der Waals surface area contributed by atoms with Crippen LogP contribution in [0.4, 0.5) is 0 Å². The molecule has 3 unspecified atom stereocenters. The first-order chi connectivity index (χ1) is 9.22. The van der Waals surface area contributed by atoms with Gasteiger partial charge in [-0.1, -0.05) is 13.3 Å². The van der Waals surface area contributed by atoms with Crippen LogP contribution in [0.15, 0.2) is 12.3 Å². The molecule has 0 aliphatic heterocycles. The quantitative estimate of drug-likeness (QED) is 0.864. The Hall–Kier alpha value is -0.480. The van der Waals surface area contributed by atoms with Crippen molar-refractivity contribution in [2.24, 2.45) is 0 Å². The Kier molecular flexibility index (Phi) is 5.76. The van der Waals surface area contributed by atoms with Crippen LogP contribution in [0.3, 0.4) is 0 Å². The highest BCUT2D eigenvalue weighted by molar-refractivity contribution is 7.99. The molecule has 19 heavy (non-hydrogen) atoms. The van der Waals surface area contributed by atoms with Crippen LogP contribution in [0.25, 0.3) is 0 Å². The zero-order valence-electron chi connectivity index (χ0n) is 12.4. The predicted molar refractivity (Wildman–Crippen MR) is 83.6 cm³/mol. The Morgan fingerprint density at radius 1 is 1.53 bits per heavy atom. The lowest BCUT2D eigenvalue weighted by Crippen LogP contribution is -2.34. The van der Waals surface area contributed by atoms with Crippen molar-refractivity contribution in [1.82, 2.24) is 15.1 Å². The van der Waals surface area contributed by atoms with Crippen molar-refractivity contribution in [3.63, 3.8) is 0 Å². The zero-order chi connectivity index (χ0) is 13.7. The third kappa shape index (κ3) is 4.25. The lowest BCUT2D eigenvalue weighted by Gasteiger charge is -2.28. The van der Waals surface area contributed by atoms with Crippen molar-refractivity contribution < 1.29 is 0 Å². The van der Waals surface area contributed by atoms with E-state index >= 15 is 0 Å². The van der Waals surface area contributed by atoms with E-state index in [4.69, 9.17) is 0 Å². The van der Waals surface area contributed by atoms with Crippen LogP contribution in [-0.2, 0) is 6.54 Å². The minimum absolute atomic E-state index is 0.504. The summed E-state index contributed by atoms with van der Waals surface area (Å²) >= 11 is 2.02. The molecular formula is C15H27N3S. The lowest BCUT2D eigenvalue weighted by molar-refractivity contribution is 0.376. The second-order valence-electron chi connectivity index (χ2n) is 5.65. The van der Waals surface area contributed by atoms with Gasteiger partial charge < -0.3 is 5.32 Å². The van der Waals surface area contributed by atoms with Gasteiger partial charge >= 0.3 is 0 Å². The molecule has 1 aromatic rings. The summed E-state index contributed by atoms with van der Waals surface area (Å²) in [6.07, 6.45) is 10.9. The van der Waals surface area contributed by atoms with Crippen LogP contribution in [0.1, 0.15) is 57.7 Å². The van der Waals surface area contributed by atoms with Crippen molar-refractivity contribution in [3.8, 4) is 0 Å². The van der Waals surface area contributed by atoms with E-state index in [0.29, 0.717) is 12.1 Å². The van der Waals surface area contributed by atoms with Crippen LogP contribution in [0.5, 0.6) is 0 Å². The van der Waals surface area contributed by atoms with Crippen molar-refractivity contribution in [3.05, 3.63) is 18.0 Å². The molecule has 4 heteroatoms. The van der Waals surface area contributed by atoms with Crippen molar-refractivity contribution >= 4 is 11.8 Å². The molecule has 3 nitrogen and oxygen atoms in total. The molecule has 1 aromatic heterocycles. The van der Waals surface area contributed by atoms with E-state index in [1.54, 1.807) is 0 Å². The first kappa shape index (κ1) is 14.9. The van der Waals surface area contributed by atoms with Gasteiger partial charge in [-0.25, -0.2) is 0 Å². The second-order valence-corrected chi connectivity index (χ2v) is 6.78. The van der Waals surface area contributed by atoms with E-state index < -0.39 is 0 Å². The van der Waals surface area contributed by atoms with Crippen molar-refractivity contribution in [1.29, 1.82) is 0 Å². The molecule has 0 spiro atoms. The van der Waals surface area contributed by atoms with Gasteiger partial charge in [0.25, 0.3) is 0 Å². The molecular weight excluding hydrogens is 254 g/mol. The van der Waals surface area contributed by atoms with Gasteiger partial charge in [0.1, 0.15) is 0 Å². The maximum atomic E-state index is 4.65. The lowest BCUT2D eigenvalue weighted by atomic mass is 9.95. The Bertz CT molecular complexity index is 377. The molecule has 1 aliphatic rings. The first-order valence-corrected chi connectivity index (χ1v) is 8.82. The monoisotopic (exact) mass is 281 g/mol. The molecule has 1 heterocycles. The fourth-order valence-corrected chi connectivity index (χ4v) is 3.52. The number of hydrogen-bond donors (Lipinski definition) is 1. The van der Waals surface area contributed by atoms with Crippen molar-refractivity contribution in [2.75, 3.05) is 6.26 Å². The highest BCUT2D eigenvalue weighted by atomic mass is 32.2. The molecule has 0 saturated heterocycles. The highest BCUT2D eigenvalue weighted by Crippen LogP contribution is 2.27. The molecule has 108 valence electrons. The van der Waals surface area contributed by atoms with Gasteiger partial charge in [-0.2, -0.15) is 16.9 Å². The molecule has 0 bridgehead atoms. The van der Waals surface area contributed by atoms with Gasteiger partial charge in [0.2, 0.25) is 0 Å². The number of rotatable bonds is 6. The molecule has 1 saturated carbocycles. The van der Waals surface area contributed by atoms with Crippen molar-refractivity contribution in [2.45, 2.75) is 69.8 Å². The normalized spacial score (nSPS) is 25.4. The summed E-state index contributed by atoms with van der Waals surface area (Å²) in [6.45, 7) is 5.33. The van der Waals surface area contributed by atoms with E-state index in [1.807, 2.05) is 11.8 Å². The number of hydrogen-bond acceptors (Lipinski definition) is 3. The van der Waals surface area contributed by atoms with E-state index in [2.05, 4.69) is 47.5 Å². The molecule has 1 N–H and O–H groups in total. The Morgan fingerprint density at radius 3 is 3.11 bits per heavy atom. The van der Waals surface area contributed by atoms with Gasteiger partial charge in [0.05, 0.1) is 5.69 Å². The van der Waals surface area contributed by atoms with Crippen LogP contribution >= 0.6 is 11.8 Å². The first-order valence-electron chi connectivity index (χ1n) is 7.53. The topological polar surface area (TPSA) is 29.9 Å². The maximum Gasteiger partial charge on any atom is 0.0762 e. The smallest absolute Gasteiger partial charge is 0.0762 e. The Labute approximate surface area is 121 Å². The molecule has 0 amide bonds. The second kappa shape index (κ2) is 7.34. The minimum atomic E-state index is 0.504. The van der Waals surface area contributed by atoms with Crippen LogP contribution in [0.2, 0.25) is 0 Å². The largest absolute Gasteiger partial charge is 0.308 e. The van der Waals surface area contributed by atoms with Gasteiger partial charge in [0.15, 0.2) is 0 Å². The summed E-state index contributed by atoms with van der Waals surface area (Å²) in [5, 5.41) is 9.19. The maximum absolute atomic E-state index is 4.65. The number of nitrogens with one attached hydrogen (secondary N) is 1. The molecule has 1 fully saturated rings. The summed E-state index contributed by atoms with van der Waals surface area (Å²) in [5.74, 6) is 0. The number of nitrogens with zero attached hydrogens (tertiary/aromatic N) is 2. The van der Waals surface area contributed by atoms with Crippen LogP contribution in [-0.4, -0.2) is 27.3 Å². The van der Waals surface area contributed by atoms with Gasteiger partial charge in [-0.3, -0.25) is 4.68 Å². The third-order valence-corrected chi connectivity index (χ3v) is 5.33. The van der Waals surface area contributed by atoms with Gasteiger partial charge in [-0.15, -0.1) is 0 Å². The Morgan fingerprint density at radius 2 is 2.37 bits per heavy atom. The molecule has 2 rings (SSSR count). The molecule has 0 radical (unpaired) electrons. The van der Waals surface area contributed by atoms with Gasteiger partial charge in [-0.05, 0) is 44.9 Å². The van der Waals surface area contributed by atoms with E-state index in [9.17, 15) is 0 Å². The fourth-order valence-electron chi connectivity index (χ4n) is 2.70. The summed E-state index contributed by atoms with van der Waals surface area (Å²) < 4.78 is 2.09. The predicted octanol–water partition coefficient (Wildman–Crippen LogP) is 3.62. The average molecular weight is 281 g/mol. The summed E-state index contributed by atoms with van der Waals surface area (Å²) in [5.41, 5.74) is 1.17. The highest BCUT2D eigenvalue weighted by Gasteiger charge is 2.20. The minimum Gasteiger partial charge on any atom is -0.308 e. The van der Waals surface area contributed by atoms with Crippen LogP contribution in [0, 0.1) is 0 Å². The third-order valence-electron chi connectivity index (χ3n) is 4.24. The average Bonchev–Trinajstić information content (AvgIpc) is 2.93. The molecule has 0 aromatic carbocycles. The van der Waals surface area contributed by atoms with Crippen LogP contribution < -0.4 is 5.32 Å². The van der Waals surface area contributed by atoms with E-state index in [0.717, 1.165) is 18.2 Å². The molecule has 3 atom stereocenters. The molecule has 1 aliphatic carbocycles. The van der Waals surface area contributed by atoms with E-state index in [-0.39, 0.29) is 0 Å². The van der Waals surface area contributed by atoms with E-state index in [1.165, 1.54) is 31.4 Å². The number of aromatic nitrogens is 2. The summed E-state index contributed by atoms with van der Waals surface area (Å²) in [7, 11) is 0. The Balaban J connectivity index is 1.80. The standard InChI is InChI=1S/C15H27N3S/c1-4-12(2)18-9-8-14(17-18)11-16-13-6-5-7-15(10-13)19-3/h8-9,12-13,15-16H,4-7,10-11H2,1-3H3. The van der Waals surface area contributed by atoms with Gasteiger partial charge in [0, 0.05) is 30.1 Å². The summed E-state index contributed by atoms with van der Waals surface area (Å²) in [6, 6.07) is 3.33.